The number of carbonyl (C=O) groups excluding carboxylic acids is 2. The van der Waals surface area contributed by atoms with Gasteiger partial charge in [-0.2, -0.15) is 9.40 Å². The lowest BCUT2D eigenvalue weighted by atomic mass is 9.75. The zero-order chi connectivity index (χ0) is 22.6. The maximum atomic E-state index is 13.3. The van der Waals surface area contributed by atoms with Gasteiger partial charge >= 0.3 is 0 Å². The van der Waals surface area contributed by atoms with E-state index in [4.69, 9.17) is 5.10 Å². The van der Waals surface area contributed by atoms with E-state index in [-0.39, 0.29) is 34.9 Å². The van der Waals surface area contributed by atoms with Gasteiger partial charge in [-0.3, -0.25) is 14.3 Å². The monoisotopic (exact) mass is 450 g/mol. The summed E-state index contributed by atoms with van der Waals surface area (Å²) in [6.07, 6.45) is 4.27. The van der Waals surface area contributed by atoms with E-state index in [0.717, 1.165) is 31.4 Å². The summed E-state index contributed by atoms with van der Waals surface area (Å²) in [6.45, 7) is 9.31. The first kappa shape index (κ1) is 22.5. The molecule has 4 rings (SSSR count). The van der Waals surface area contributed by atoms with Gasteiger partial charge in [0.05, 0.1) is 34.8 Å². The number of piperidine rings is 1. The van der Waals surface area contributed by atoms with Gasteiger partial charge in [-0.1, -0.05) is 13.8 Å². The van der Waals surface area contributed by atoms with Crippen LogP contribution in [0.1, 0.15) is 93.6 Å². The van der Waals surface area contributed by atoms with Gasteiger partial charge in [-0.25, -0.2) is 8.42 Å². The van der Waals surface area contributed by atoms with Crippen LogP contribution in [0.5, 0.6) is 0 Å². The standard InChI is InChI=1S/C22H34N4O4S/c1-5-31(29,30)25-10-6-7-17(25)21-20-18(13-22(3,4)14-19(20)28)26(23-21)16-8-11-24(12-9-16)15(2)27/h16-17H,5-14H2,1-4H3/t17-/m0/s1. The van der Waals surface area contributed by atoms with E-state index >= 15 is 0 Å². The van der Waals surface area contributed by atoms with Crippen LogP contribution in [0.25, 0.3) is 0 Å². The van der Waals surface area contributed by atoms with Crippen LogP contribution < -0.4 is 0 Å². The fourth-order valence-electron chi connectivity index (χ4n) is 5.47. The molecule has 1 aromatic heterocycles. The van der Waals surface area contributed by atoms with Crippen molar-refractivity contribution in [2.75, 3.05) is 25.4 Å². The molecule has 31 heavy (non-hydrogen) atoms. The molecular formula is C22H34N4O4S. The summed E-state index contributed by atoms with van der Waals surface area (Å²) in [5.74, 6) is 0.218. The van der Waals surface area contributed by atoms with Crippen LogP contribution in [0.4, 0.5) is 0 Å². The maximum Gasteiger partial charge on any atom is 0.219 e. The quantitative estimate of drug-likeness (QED) is 0.703. The summed E-state index contributed by atoms with van der Waals surface area (Å²) < 4.78 is 29.0. The van der Waals surface area contributed by atoms with Crippen LogP contribution in [0, 0.1) is 5.41 Å². The second kappa shape index (κ2) is 7.99. The Bertz CT molecular complexity index is 989. The lowest BCUT2D eigenvalue weighted by Gasteiger charge is -2.34. The summed E-state index contributed by atoms with van der Waals surface area (Å²) in [6, 6.07) is -0.236. The maximum absolute atomic E-state index is 13.3. The Labute approximate surface area is 185 Å². The molecule has 1 atom stereocenters. The molecule has 1 aliphatic carbocycles. The van der Waals surface area contributed by atoms with Gasteiger partial charge in [0.1, 0.15) is 0 Å². The highest BCUT2D eigenvalue weighted by molar-refractivity contribution is 7.89. The van der Waals surface area contributed by atoms with E-state index in [0.29, 0.717) is 43.7 Å². The number of nitrogens with zero attached hydrogens (tertiary/aromatic N) is 4. The molecule has 0 spiro atoms. The van der Waals surface area contributed by atoms with E-state index in [1.54, 1.807) is 18.2 Å². The van der Waals surface area contributed by atoms with Crippen molar-refractivity contribution < 1.29 is 18.0 Å². The van der Waals surface area contributed by atoms with Crippen molar-refractivity contribution in [1.82, 2.24) is 19.0 Å². The number of fused-ring (bicyclic) bond motifs is 1. The summed E-state index contributed by atoms with van der Waals surface area (Å²) in [5.41, 5.74) is 2.12. The van der Waals surface area contributed by atoms with Gasteiger partial charge in [-0.05, 0) is 44.4 Å². The highest BCUT2D eigenvalue weighted by Gasteiger charge is 2.43. The Morgan fingerprint density at radius 2 is 1.81 bits per heavy atom. The van der Waals surface area contributed by atoms with E-state index in [1.807, 2.05) is 9.58 Å². The molecule has 0 bridgehead atoms. The number of amides is 1. The molecule has 0 radical (unpaired) electrons. The normalized spacial score (nSPS) is 25.1. The van der Waals surface area contributed by atoms with Crippen molar-refractivity contribution in [2.45, 2.75) is 78.3 Å². The molecule has 0 saturated carbocycles. The number of likely N-dealkylation sites (tertiary alicyclic amines) is 1. The summed E-state index contributed by atoms with van der Waals surface area (Å²) >= 11 is 0. The minimum absolute atomic E-state index is 0.0525. The van der Waals surface area contributed by atoms with E-state index < -0.39 is 10.0 Å². The number of hydrogen-bond donors (Lipinski definition) is 0. The predicted molar refractivity (Wildman–Crippen MR) is 117 cm³/mol. The Balaban J connectivity index is 1.76. The number of rotatable bonds is 4. The fourth-order valence-corrected chi connectivity index (χ4v) is 6.81. The Hall–Kier alpha value is -1.74. The van der Waals surface area contributed by atoms with E-state index in [1.165, 1.54) is 0 Å². The Morgan fingerprint density at radius 3 is 2.42 bits per heavy atom. The average Bonchev–Trinajstić information content (AvgIpc) is 3.32. The van der Waals surface area contributed by atoms with Gasteiger partial charge in [-0.15, -0.1) is 0 Å². The van der Waals surface area contributed by atoms with E-state index in [2.05, 4.69) is 13.8 Å². The molecule has 9 heteroatoms. The smallest absolute Gasteiger partial charge is 0.219 e. The summed E-state index contributed by atoms with van der Waals surface area (Å²) in [4.78, 5) is 26.9. The van der Waals surface area contributed by atoms with Gasteiger partial charge in [0.25, 0.3) is 0 Å². The van der Waals surface area contributed by atoms with Crippen molar-refractivity contribution >= 4 is 21.7 Å². The highest BCUT2D eigenvalue weighted by Crippen LogP contribution is 2.43. The van der Waals surface area contributed by atoms with Gasteiger partial charge < -0.3 is 4.90 Å². The molecular weight excluding hydrogens is 416 g/mol. The average molecular weight is 451 g/mol. The lowest BCUT2D eigenvalue weighted by molar-refractivity contribution is -0.130. The number of Topliss-reactive ketones (excluding diaryl/α,β-unsaturated/α-hetero) is 1. The molecule has 8 nitrogen and oxygen atoms in total. The van der Waals surface area contributed by atoms with Crippen molar-refractivity contribution in [2.24, 2.45) is 5.41 Å². The summed E-state index contributed by atoms with van der Waals surface area (Å²) in [5, 5.41) is 4.97. The van der Waals surface area contributed by atoms with Crippen LogP contribution in [0.3, 0.4) is 0 Å². The molecule has 1 aromatic rings. The first-order valence-electron chi connectivity index (χ1n) is 11.4. The molecule has 2 fully saturated rings. The molecule has 0 N–H and O–H groups in total. The Kier molecular flexibility index (Phi) is 5.79. The second-order valence-electron chi connectivity index (χ2n) is 10.00. The lowest BCUT2D eigenvalue weighted by Crippen LogP contribution is -2.38. The zero-order valence-electron chi connectivity index (χ0n) is 19.1. The topological polar surface area (TPSA) is 92.6 Å². The minimum Gasteiger partial charge on any atom is -0.343 e. The third kappa shape index (κ3) is 4.06. The molecule has 2 aliphatic heterocycles. The van der Waals surface area contributed by atoms with Crippen LogP contribution >= 0.6 is 0 Å². The van der Waals surface area contributed by atoms with Gasteiger partial charge in [0, 0.05) is 33.0 Å². The number of hydrogen-bond acceptors (Lipinski definition) is 5. The number of carbonyl (C=O) groups is 2. The fraction of sp³-hybridized carbons (Fsp3) is 0.773. The number of ketones is 1. The first-order chi connectivity index (χ1) is 14.5. The largest absolute Gasteiger partial charge is 0.343 e. The van der Waals surface area contributed by atoms with Crippen molar-refractivity contribution in [3.8, 4) is 0 Å². The minimum atomic E-state index is -3.37. The number of sulfonamides is 1. The van der Waals surface area contributed by atoms with Crippen molar-refractivity contribution in [3.63, 3.8) is 0 Å². The molecule has 3 heterocycles. The Morgan fingerprint density at radius 1 is 1.13 bits per heavy atom. The highest BCUT2D eigenvalue weighted by atomic mass is 32.2. The third-order valence-corrected chi connectivity index (χ3v) is 8.98. The van der Waals surface area contributed by atoms with Crippen LogP contribution in [-0.4, -0.2) is 64.5 Å². The molecule has 172 valence electrons. The number of aromatic nitrogens is 2. The summed E-state index contributed by atoms with van der Waals surface area (Å²) in [7, 11) is -3.37. The van der Waals surface area contributed by atoms with Crippen molar-refractivity contribution in [3.05, 3.63) is 17.0 Å². The van der Waals surface area contributed by atoms with E-state index in [9.17, 15) is 18.0 Å². The van der Waals surface area contributed by atoms with Crippen LogP contribution in [0.15, 0.2) is 0 Å². The van der Waals surface area contributed by atoms with Crippen LogP contribution in [-0.2, 0) is 21.2 Å². The van der Waals surface area contributed by atoms with Gasteiger partial charge in [0.15, 0.2) is 5.78 Å². The zero-order valence-corrected chi connectivity index (χ0v) is 19.9. The van der Waals surface area contributed by atoms with Crippen LogP contribution in [0.2, 0.25) is 0 Å². The first-order valence-corrected chi connectivity index (χ1v) is 13.0. The molecule has 0 aromatic carbocycles. The third-order valence-electron chi connectivity index (χ3n) is 7.10. The van der Waals surface area contributed by atoms with Crippen molar-refractivity contribution in [1.29, 1.82) is 0 Å². The molecule has 2 saturated heterocycles. The molecule has 0 unspecified atom stereocenters. The predicted octanol–water partition coefficient (Wildman–Crippen LogP) is 2.71. The van der Waals surface area contributed by atoms with Gasteiger partial charge in [0.2, 0.25) is 15.9 Å². The molecule has 1 amide bonds. The molecule has 3 aliphatic rings. The SMILES string of the molecule is CCS(=O)(=O)N1CCC[C@H]1c1nn(C2CCN(C(C)=O)CC2)c2c1C(=O)CC(C)(C)C2. The second-order valence-corrected chi connectivity index (χ2v) is 12.2.